The molecule has 2 N–H and O–H groups in total. The van der Waals surface area contributed by atoms with Crippen LogP contribution in [0.15, 0.2) is 12.1 Å². The molecule has 1 aromatic carbocycles. The number of halogens is 1. The third-order valence-electron chi connectivity index (χ3n) is 2.81. The molecule has 0 aliphatic carbocycles. The summed E-state index contributed by atoms with van der Waals surface area (Å²) >= 11 is 6.14. The van der Waals surface area contributed by atoms with E-state index in [9.17, 15) is 9.90 Å². The highest BCUT2D eigenvalue weighted by Crippen LogP contribution is 2.39. The number of fused-ring (bicyclic) bond motifs is 1. The molecule has 0 radical (unpaired) electrons. The molecule has 1 atom stereocenters. The zero-order valence-corrected chi connectivity index (χ0v) is 11.4. The van der Waals surface area contributed by atoms with Gasteiger partial charge < -0.3 is 19.9 Å². The quantitative estimate of drug-likeness (QED) is 0.888. The summed E-state index contributed by atoms with van der Waals surface area (Å²) in [6, 6.07) is 2.48. The average molecular weight is 286 g/mol. The van der Waals surface area contributed by atoms with Crippen molar-refractivity contribution in [1.29, 1.82) is 0 Å². The number of carbonyl (C=O) groups is 1. The van der Waals surface area contributed by atoms with E-state index in [1.165, 1.54) is 0 Å². The minimum Gasteiger partial charge on any atom is -0.489 e. The van der Waals surface area contributed by atoms with E-state index < -0.39 is 12.0 Å². The molecule has 6 heteroatoms. The minimum absolute atomic E-state index is 0.374. The van der Waals surface area contributed by atoms with E-state index in [4.69, 9.17) is 21.1 Å². The van der Waals surface area contributed by atoms with Gasteiger partial charge in [-0.1, -0.05) is 18.5 Å². The molecule has 0 spiro atoms. The monoisotopic (exact) mass is 285 g/mol. The number of carboxylic acid groups (broad SMARTS) is 1. The molecule has 2 rings (SSSR count). The fourth-order valence-corrected chi connectivity index (χ4v) is 2.24. The Morgan fingerprint density at radius 1 is 1.47 bits per heavy atom. The van der Waals surface area contributed by atoms with Crippen LogP contribution in [0, 0.1) is 0 Å². The van der Waals surface area contributed by atoms with Crippen LogP contribution < -0.4 is 14.8 Å². The summed E-state index contributed by atoms with van der Waals surface area (Å²) in [6.45, 7) is 3.47. The van der Waals surface area contributed by atoms with Gasteiger partial charge in [0.2, 0.25) is 0 Å². The molecule has 0 fully saturated rings. The summed E-state index contributed by atoms with van der Waals surface area (Å²) in [5.74, 6) is 0.0418. The van der Waals surface area contributed by atoms with Gasteiger partial charge in [-0.25, -0.2) is 0 Å². The van der Waals surface area contributed by atoms with Crippen LogP contribution in [-0.4, -0.2) is 30.8 Å². The maximum absolute atomic E-state index is 11.3. The molecule has 1 unspecified atom stereocenters. The number of ether oxygens (including phenoxy) is 2. The van der Waals surface area contributed by atoms with Gasteiger partial charge in [-0.15, -0.1) is 0 Å². The summed E-state index contributed by atoms with van der Waals surface area (Å²) in [4.78, 5) is 11.3. The van der Waals surface area contributed by atoms with Crippen molar-refractivity contribution in [3.8, 4) is 11.5 Å². The van der Waals surface area contributed by atoms with Crippen molar-refractivity contribution in [2.45, 2.75) is 19.4 Å². The Kier molecular flexibility index (Phi) is 4.50. The lowest BCUT2D eigenvalue weighted by Crippen LogP contribution is -2.28. The molecule has 1 aliphatic heterocycles. The Morgan fingerprint density at radius 2 is 2.21 bits per heavy atom. The Morgan fingerprint density at radius 3 is 2.89 bits per heavy atom. The molecular weight excluding hydrogens is 270 g/mol. The second kappa shape index (κ2) is 6.12. The highest BCUT2D eigenvalue weighted by Gasteiger charge is 2.23. The van der Waals surface area contributed by atoms with Gasteiger partial charge in [-0.2, -0.15) is 0 Å². The fraction of sp³-hybridized carbons (Fsp3) is 0.462. The van der Waals surface area contributed by atoms with Crippen LogP contribution in [0.5, 0.6) is 11.5 Å². The van der Waals surface area contributed by atoms with Crippen molar-refractivity contribution in [1.82, 2.24) is 5.32 Å². The second-order valence-electron chi connectivity index (χ2n) is 4.21. The third kappa shape index (κ3) is 3.11. The highest BCUT2D eigenvalue weighted by molar-refractivity contribution is 6.32. The first-order chi connectivity index (χ1) is 9.13. The first-order valence-corrected chi connectivity index (χ1v) is 6.56. The molecule has 1 aromatic rings. The van der Waals surface area contributed by atoms with Gasteiger partial charge in [0.15, 0.2) is 11.5 Å². The number of aliphatic carboxylic acids is 1. The van der Waals surface area contributed by atoms with Crippen LogP contribution >= 0.6 is 11.6 Å². The Labute approximate surface area is 116 Å². The van der Waals surface area contributed by atoms with E-state index in [0.717, 1.165) is 6.42 Å². The smallest absolute Gasteiger partial charge is 0.325 e. The molecule has 1 heterocycles. The van der Waals surface area contributed by atoms with Crippen LogP contribution in [0.2, 0.25) is 5.02 Å². The van der Waals surface area contributed by atoms with E-state index in [0.29, 0.717) is 41.8 Å². The number of likely N-dealkylation sites (N-methyl/N-ethyl adjacent to an activating group) is 1. The van der Waals surface area contributed by atoms with Crippen LogP contribution in [0.4, 0.5) is 0 Å². The van der Waals surface area contributed by atoms with Crippen molar-refractivity contribution >= 4 is 17.6 Å². The maximum Gasteiger partial charge on any atom is 0.325 e. The van der Waals surface area contributed by atoms with Crippen molar-refractivity contribution in [2.24, 2.45) is 0 Å². The van der Waals surface area contributed by atoms with Gasteiger partial charge in [0.05, 0.1) is 18.2 Å². The molecule has 1 aliphatic rings. The lowest BCUT2D eigenvalue weighted by molar-refractivity contribution is -0.139. The van der Waals surface area contributed by atoms with E-state index in [-0.39, 0.29) is 0 Å². The minimum atomic E-state index is -0.951. The average Bonchev–Trinajstić information content (AvgIpc) is 2.61. The van der Waals surface area contributed by atoms with Gasteiger partial charge in [0, 0.05) is 6.42 Å². The molecule has 104 valence electrons. The standard InChI is InChI=1S/C13H16ClNO4/c1-2-15-11(13(16)17)8-6-9(14)12-10(7-8)18-4-3-5-19-12/h6-7,11,15H,2-5H2,1H3,(H,16,17). The molecule has 0 bridgehead atoms. The van der Waals surface area contributed by atoms with Gasteiger partial charge in [0.1, 0.15) is 6.04 Å². The summed E-state index contributed by atoms with van der Waals surface area (Å²) in [5.41, 5.74) is 0.559. The summed E-state index contributed by atoms with van der Waals surface area (Å²) in [7, 11) is 0. The van der Waals surface area contributed by atoms with Crippen LogP contribution in [0.1, 0.15) is 24.9 Å². The van der Waals surface area contributed by atoms with Crippen molar-refractivity contribution in [2.75, 3.05) is 19.8 Å². The molecule has 5 nitrogen and oxygen atoms in total. The van der Waals surface area contributed by atoms with E-state index >= 15 is 0 Å². The summed E-state index contributed by atoms with van der Waals surface area (Å²) in [6.07, 6.45) is 0.774. The van der Waals surface area contributed by atoms with Crippen molar-refractivity contribution in [3.05, 3.63) is 22.7 Å². The Bertz CT molecular complexity index is 478. The second-order valence-corrected chi connectivity index (χ2v) is 4.62. The van der Waals surface area contributed by atoms with Crippen molar-refractivity contribution in [3.63, 3.8) is 0 Å². The molecule has 0 saturated carbocycles. The summed E-state index contributed by atoms with van der Waals surface area (Å²) < 4.78 is 11.1. The van der Waals surface area contributed by atoms with E-state index in [1.54, 1.807) is 12.1 Å². The first kappa shape index (κ1) is 14.0. The number of benzene rings is 1. The lowest BCUT2D eigenvalue weighted by atomic mass is 10.1. The fourth-order valence-electron chi connectivity index (χ4n) is 1.97. The number of rotatable bonds is 4. The third-order valence-corrected chi connectivity index (χ3v) is 3.09. The topological polar surface area (TPSA) is 67.8 Å². The van der Waals surface area contributed by atoms with Crippen molar-refractivity contribution < 1.29 is 19.4 Å². The number of carboxylic acids is 1. The van der Waals surface area contributed by atoms with Crippen LogP contribution in [0.3, 0.4) is 0 Å². The van der Waals surface area contributed by atoms with Gasteiger partial charge in [0.25, 0.3) is 0 Å². The van der Waals surface area contributed by atoms with Crippen LogP contribution in [0.25, 0.3) is 0 Å². The molecule has 0 saturated heterocycles. The first-order valence-electron chi connectivity index (χ1n) is 6.18. The van der Waals surface area contributed by atoms with Gasteiger partial charge in [-0.3, -0.25) is 4.79 Å². The van der Waals surface area contributed by atoms with Gasteiger partial charge >= 0.3 is 5.97 Å². The SMILES string of the molecule is CCNC(C(=O)O)c1cc(Cl)c2c(c1)OCCCO2. The van der Waals surface area contributed by atoms with Gasteiger partial charge in [-0.05, 0) is 24.2 Å². The summed E-state index contributed by atoms with van der Waals surface area (Å²) in [5, 5.41) is 12.5. The normalized spacial score (nSPS) is 15.7. The zero-order valence-electron chi connectivity index (χ0n) is 10.6. The predicted octanol–water partition coefficient (Wildman–Crippen LogP) is 2.24. The molecular formula is C13H16ClNO4. The molecule has 0 aromatic heterocycles. The highest BCUT2D eigenvalue weighted by atomic mass is 35.5. The largest absolute Gasteiger partial charge is 0.489 e. The molecule has 0 amide bonds. The Balaban J connectivity index is 2.39. The number of hydrogen-bond donors (Lipinski definition) is 2. The lowest BCUT2D eigenvalue weighted by Gasteiger charge is -2.17. The maximum atomic E-state index is 11.3. The Hall–Kier alpha value is -1.46. The van der Waals surface area contributed by atoms with Crippen LogP contribution in [-0.2, 0) is 4.79 Å². The predicted molar refractivity (Wildman–Crippen MR) is 71.1 cm³/mol. The molecule has 19 heavy (non-hydrogen) atoms. The number of nitrogens with one attached hydrogen (secondary N) is 1. The zero-order chi connectivity index (χ0) is 13.8. The number of hydrogen-bond acceptors (Lipinski definition) is 4. The van der Waals surface area contributed by atoms with E-state index in [1.807, 2.05) is 6.92 Å². The van der Waals surface area contributed by atoms with E-state index in [2.05, 4.69) is 5.32 Å².